The van der Waals surface area contributed by atoms with Gasteiger partial charge in [0, 0.05) is 23.7 Å². The highest BCUT2D eigenvalue weighted by Gasteiger charge is 2.36. The summed E-state index contributed by atoms with van der Waals surface area (Å²) in [6.45, 7) is 1.96. The standard InChI is InChI=1S/C27H22N4O2S/c1-27(19-9-3-2-4-10-19,17-25-29-22-12-5-6-13-23(22)34-25)26(33)28-20-11-7-8-18(16-20)21-14-15-24(32)31-30-21/h2-16H,17H2,1H3,(H,28,33)(H,31,32). The second kappa shape index (κ2) is 9.03. The lowest BCUT2D eigenvalue weighted by Gasteiger charge is -2.28. The number of carbonyl (C=O) groups excluding carboxylic acids is 1. The van der Waals surface area contributed by atoms with Gasteiger partial charge in [-0.25, -0.2) is 10.1 Å². The molecule has 34 heavy (non-hydrogen) atoms. The van der Waals surface area contributed by atoms with Crippen LogP contribution >= 0.6 is 11.3 Å². The van der Waals surface area contributed by atoms with Crippen molar-refractivity contribution in [3.8, 4) is 11.3 Å². The summed E-state index contributed by atoms with van der Waals surface area (Å²) in [4.78, 5) is 29.9. The van der Waals surface area contributed by atoms with Crippen molar-refractivity contribution >= 4 is 33.1 Å². The minimum Gasteiger partial charge on any atom is -0.325 e. The summed E-state index contributed by atoms with van der Waals surface area (Å²) in [5, 5.41) is 10.5. The molecule has 1 amide bonds. The SMILES string of the molecule is CC(Cc1nc2ccccc2s1)(C(=O)Nc1cccc(-c2ccc(=O)[nH]n2)c1)c1ccccc1. The van der Waals surface area contributed by atoms with E-state index in [-0.39, 0.29) is 11.5 Å². The van der Waals surface area contributed by atoms with E-state index in [4.69, 9.17) is 4.98 Å². The predicted octanol–water partition coefficient (Wildman–Crippen LogP) is 5.19. The van der Waals surface area contributed by atoms with E-state index in [1.807, 2.05) is 85.8 Å². The summed E-state index contributed by atoms with van der Waals surface area (Å²) in [5.41, 5.74) is 2.84. The molecular formula is C27H22N4O2S. The lowest BCUT2D eigenvalue weighted by Crippen LogP contribution is -2.39. The highest BCUT2D eigenvalue weighted by atomic mass is 32.1. The summed E-state index contributed by atoms with van der Waals surface area (Å²) in [5.74, 6) is -0.121. The number of anilines is 1. The Labute approximate surface area is 200 Å². The first-order valence-corrected chi connectivity index (χ1v) is 11.7. The van der Waals surface area contributed by atoms with E-state index in [1.54, 1.807) is 17.4 Å². The van der Waals surface area contributed by atoms with Gasteiger partial charge in [-0.05, 0) is 42.8 Å². The number of aromatic amines is 1. The van der Waals surface area contributed by atoms with E-state index >= 15 is 0 Å². The quantitative estimate of drug-likeness (QED) is 0.361. The van der Waals surface area contributed by atoms with Crippen LogP contribution in [0.4, 0.5) is 5.69 Å². The van der Waals surface area contributed by atoms with Crippen LogP contribution in [0.1, 0.15) is 17.5 Å². The largest absolute Gasteiger partial charge is 0.325 e. The number of benzene rings is 3. The molecule has 0 saturated heterocycles. The Kier molecular flexibility index (Phi) is 5.77. The Morgan fingerprint density at radius 1 is 0.971 bits per heavy atom. The molecule has 1 unspecified atom stereocenters. The lowest BCUT2D eigenvalue weighted by molar-refractivity contribution is -0.121. The first kappa shape index (κ1) is 21.7. The average molecular weight is 467 g/mol. The maximum absolute atomic E-state index is 13.7. The molecule has 2 heterocycles. The van der Waals surface area contributed by atoms with Crippen LogP contribution in [0.3, 0.4) is 0 Å². The first-order chi connectivity index (χ1) is 16.5. The van der Waals surface area contributed by atoms with Crippen LogP contribution in [-0.2, 0) is 16.6 Å². The predicted molar refractivity (Wildman–Crippen MR) is 136 cm³/mol. The molecule has 0 spiro atoms. The Bertz CT molecular complexity index is 1470. The topological polar surface area (TPSA) is 87.7 Å². The summed E-state index contributed by atoms with van der Waals surface area (Å²) >= 11 is 1.62. The van der Waals surface area contributed by atoms with Crippen LogP contribution in [0.2, 0.25) is 0 Å². The van der Waals surface area contributed by atoms with Gasteiger partial charge in [0.25, 0.3) is 5.56 Å². The number of fused-ring (bicyclic) bond motifs is 1. The summed E-state index contributed by atoms with van der Waals surface area (Å²) < 4.78 is 1.11. The van der Waals surface area contributed by atoms with Crippen molar-refractivity contribution in [2.24, 2.45) is 0 Å². The second-order valence-corrected chi connectivity index (χ2v) is 9.41. The highest BCUT2D eigenvalue weighted by Crippen LogP contribution is 2.33. The lowest BCUT2D eigenvalue weighted by atomic mass is 9.78. The Morgan fingerprint density at radius 2 is 1.76 bits per heavy atom. The summed E-state index contributed by atoms with van der Waals surface area (Å²) in [7, 11) is 0. The van der Waals surface area contributed by atoms with Gasteiger partial charge in [-0.3, -0.25) is 9.59 Å². The van der Waals surface area contributed by atoms with Crippen LogP contribution in [0.25, 0.3) is 21.5 Å². The van der Waals surface area contributed by atoms with Crippen LogP contribution in [0.5, 0.6) is 0 Å². The van der Waals surface area contributed by atoms with E-state index in [0.717, 1.165) is 26.4 Å². The first-order valence-electron chi connectivity index (χ1n) is 10.9. The smallest absolute Gasteiger partial charge is 0.264 e. The van der Waals surface area contributed by atoms with Crippen molar-refractivity contribution in [2.75, 3.05) is 5.32 Å². The number of para-hydroxylation sites is 1. The highest BCUT2D eigenvalue weighted by molar-refractivity contribution is 7.18. The minimum atomic E-state index is -0.832. The number of nitrogens with one attached hydrogen (secondary N) is 2. The zero-order valence-electron chi connectivity index (χ0n) is 18.5. The van der Waals surface area contributed by atoms with Gasteiger partial charge in [-0.1, -0.05) is 54.6 Å². The van der Waals surface area contributed by atoms with Gasteiger partial charge in [0.2, 0.25) is 5.91 Å². The van der Waals surface area contributed by atoms with Crippen molar-refractivity contribution in [3.05, 3.63) is 112 Å². The Balaban J connectivity index is 1.47. The molecule has 1 atom stereocenters. The van der Waals surface area contributed by atoms with Gasteiger partial charge in [0.05, 0.1) is 26.3 Å². The van der Waals surface area contributed by atoms with Crippen LogP contribution in [-0.4, -0.2) is 21.1 Å². The van der Waals surface area contributed by atoms with Crippen molar-refractivity contribution in [1.82, 2.24) is 15.2 Å². The van der Waals surface area contributed by atoms with Gasteiger partial charge in [-0.2, -0.15) is 5.10 Å². The normalized spacial score (nSPS) is 12.9. The van der Waals surface area contributed by atoms with Gasteiger partial charge in [-0.15, -0.1) is 11.3 Å². The molecule has 5 aromatic rings. The van der Waals surface area contributed by atoms with E-state index in [0.29, 0.717) is 17.8 Å². The number of nitrogens with zero attached hydrogens (tertiary/aromatic N) is 2. The number of amides is 1. The molecule has 7 heteroatoms. The van der Waals surface area contributed by atoms with Crippen molar-refractivity contribution < 1.29 is 4.79 Å². The number of hydrogen-bond donors (Lipinski definition) is 2. The number of carbonyl (C=O) groups is 1. The van der Waals surface area contributed by atoms with Gasteiger partial charge in [0.1, 0.15) is 0 Å². The molecule has 0 saturated carbocycles. The molecule has 6 nitrogen and oxygen atoms in total. The molecule has 2 aromatic heterocycles. The van der Waals surface area contributed by atoms with Crippen LogP contribution < -0.4 is 10.9 Å². The zero-order chi connectivity index (χ0) is 23.5. The minimum absolute atomic E-state index is 0.121. The fraction of sp³-hybridized carbons (Fsp3) is 0.111. The average Bonchev–Trinajstić information content (AvgIpc) is 3.27. The van der Waals surface area contributed by atoms with Crippen molar-refractivity contribution in [3.63, 3.8) is 0 Å². The third kappa shape index (κ3) is 4.38. The van der Waals surface area contributed by atoms with E-state index in [1.165, 1.54) is 6.07 Å². The third-order valence-corrected chi connectivity index (χ3v) is 6.89. The molecule has 0 bridgehead atoms. The summed E-state index contributed by atoms with van der Waals surface area (Å²) in [6.07, 6.45) is 0.476. The maximum atomic E-state index is 13.7. The zero-order valence-corrected chi connectivity index (χ0v) is 19.3. The number of rotatable bonds is 6. The van der Waals surface area contributed by atoms with Crippen LogP contribution in [0.15, 0.2) is 95.8 Å². The maximum Gasteiger partial charge on any atom is 0.264 e. The van der Waals surface area contributed by atoms with Gasteiger partial charge < -0.3 is 5.32 Å². The molecule has 5 rings (SSSR count). The number of aromatic nitrogens is 3. The molecule has 3 aromatic carbocycles. The molecular weight excluding hydrogens is 444 g/mol. The summed E-state index contributed by atoms with van der Waals surface area (Å²) in [6, 6.07) is 28.3. The number of hydrogen-bond acceptors (Lipinski definition) is 5. The fourth-order valence-corrected chi connectivity index (χ4v) is 5.07. The fourth-order valence-electron chi connectivity index (χ4n) is 3.95. The molecule has 0 aliphatic heterocycles. The van der Waals surface area contributed by atoms with Crippen molar-refractivity contribution in [2.45, 2.75) is 18.8 Å². The Hall–Kier alpha value is -4.10. The molecule has 0 aliphatic carbocycles. The number of thiazole rings is 1. The van der Waals surface area contributed by atoms with Crippen LogP contribution in [0, 0.1) is 0 Å². The van der Waals surface area contributed by atoms with E-state index in [2.05, 4.69) is 15.5 Å². The van der Waals surface area contributed by atoms with E-state index in [9.17, 15) is 9.59 Å². The molecule has 0 fully saturated rings. The Morgan fingerprint density at radius 3 is 2.53 bits per heavy atom. The number of H-pyrrole nitrogens is 1. The molecule has 0 aliphatic rings. The molecule has 0 radical (unpaired) electrons. The second-order valence-electron chi connectivity index (χ2n) is 8.29. The van der Waals surface area contributed by atoms with Gasteiger partial charge in [0.15, 0.2) is 0 Å². The third-order valence-electron chi connectivity index (χ3n) is 5.85. The monoisotopic (exact) mass is 466 g/mol. The molecule has 168 valence electrons. The van der Waals surface area contributed by atoms with Gasteiger partial charge >= 0.3 is 0 Å². The molecule has 2 N–H and O–H groups in total. The van der Waals surface area contributed by atoms with Crippen molar-refractivity contribution in [1.29, 1.82) is 0 Å². The van der Waals surface area contributed by atoms with E-state index < -0.39 is 5.41 Å².